The van der Waals surface area contributed by atoms with Crippen molar-refractivity contribution in [3.8, 4) is 33.0 Å². The summed E-state index contributed by atoms with van der Waals surface area (Å²) < 4.78 is 0. The minimum Gasteiger partial charge on any atom is -0.396 e. The van der Waals surface area contributed by atoms with Crippen molar-refractivity contribution in [3.63, 3.8) is 0 Å². The Bertz CT molecular complexity index is 1180. The first-order valence-electron chi connectivity index (χ1n) is 9.46. The highest BCUT2D eigenvalue weighted by molar-refractivity contribution is 7.13. The van der Waals surface area contributed by atoms with Crippen molar-refractivity contribution in [3.05, 3.63) is 81.8 Å². The van der Waals surface area contributed by atoms with E-state index in [1.165, 1.54) is 11.3 Å². The predicted molar refractivity (Wildman–Crippen MR) is 117 cm³/mol. The van der Waals surface area contributed by atoms with Crippen LogP contribution in [0.15, 0.2) is 65.0 Å². The van der Waals surface area contributed by atoms with Crippen LogP contribution in [0.1, 0.15) is 17.7 Å². The van der Waals surface area contributed by atoms with Gasteiger partial charge in [-0.25, -0.2) is 4.98 Å². The second kappa shape index (κ2) is 8.51. The molecule has 5 nitrogen and oxygen atoms in total. The highest BCUT2D eigenvalue weighted by Crippen LogP contribution is 2.34. The van der Waals surface area contributed by atoms with Crippen LogP contribution in [0.3, 0.4) is 0 Å². The van der Waals surface area contributed by atoms with E-state index in [9.17, 15) is 9.90 Å². The Morgan fingerprint density at radius 1 is 1.10 bits per heavy atom. The van der Waals surface area contributed by atoms with E-state index in [4.69, 9.17) is 0 Å². The topological polar surface area (TPSA) is 78.9 Å². The third-order valence-electron chi connectivity index (χ3n) is 4.76. The van der Waals surface area contributed by atoms with Crippen LogP contribution in [0.2, 0.25) is 0 Å². The van der Waals surface area contributed by atoms with Crippen molar-refractivity contribution in [2.45, 2.75) is 19.8 Å². The Morgan fingerprint density at radius 3 is 2.66 bits per heavy atom. The Hall–Kier alpha value is -3.09. The molecule has 0 saturated heterocycles. The number of pyridine rings is 2. The zero-order valence-corrected chi connectivity index (χ0v) is 16.9. The van der Waals surface area contributed by atoms with E-state index in [-0.39, 0.29) is 12.2 Å². The van der Waals surface area contributed by atoms with Gasteiger partial charge in [-0.1, -0.05) is 30.3 Å². The minimum atomic E-state index is -0.175. The van der Waals surface area contributed by atoms with Gasteiger partial charge in [-0.15, -0.1) is 11.3 Å². The lowest BCUT2D eigenvalue weighted by atomic mass is 9.95. The maximum atomic E-state index is 13.0. The van der Waals surface area contributed by atoms with Crippen LogP contribution in [-0.2, 0) is 6.42 Å². The number of hydrogen-bond acceptors (Lipinski definition) is 5. The molecule has 0 aliphatic rings. The SMILES string of the molecule is Cc1csc(-c2cc(-c3ccccc3)c(-c3cnccc3CCCO)[nH]c2=O)n1. The molecule has 29 heavy (non-hydrogen) atoms. The standard InChI is InChI=1S/C23H21N3O2S/c1-15-14-29-23(25-15)19-12-18(16-6-3-2-4-7-16)21(26-22(19)28)20-13-24-10-9-17(20)8-5-11-27/h2-4,6-7,9-10,12-14,27H,5,8,11H2,1H3,(H,26,28). The van der Waals surface area contributed by atoms with Crippen LogP contribution in [-0.4, -0.2) is 26.7 Å². The molecule has 0 aliphatic carbocycles. The molecule has 0 radical (unpaired) electrons. The van der Waals surface area contributed by atoms with Crippen molar-refractivity contribution in [2.75, 3.05) is 6.61 Å². The number of thiazole rings is 1. The summed E-state index contributed by atoms with van der Waals surface area (Å²) in [6.45, 7) is 2.04. The maximum absolute atomic E-state index is 13.0. The number of aromatic nitrogens is 3. The van der Waals surface area contributed by atoms with Crippen molar-refractivity contribution in [1.29, 1.82) is 0 Å². The number of hydrogen-bond donors (Lipinski definition) is 2. The number of aliphatic hydroxyl groups excluding tert-OH is 1. The third-order valence-corrected chi connectivity index (χ3v) is 5.75. The Kier molecular flexibility index (Phi) is 5.64. The van der Waals surface area contributed by atoms with Gasteiger partial charge in [-0.05, 0) is 43.0 Å². The molecule has 2 N–H and O–H groups in total. The molecule has 3 aromatic heterocycles. The van der Waals surface area contributed by atoms with Gasteiger partial charge < -0.3 is 10.1 Å². The van der Waals surface area contributed by atoms with Crippen LogP contribution >= 0.6 is 11.3 Å². The number of H-pyrrole nitrogens is 1. The molecule has 146 valence electrons. The monoisotopic (exact) mass is 403 g/mol. The number of nitrogens with one attached hydrogen (secondary N) is 1. The van der Waals surface area contributed by atoms with E-state index in [0.717, 1.165) is 33.6 Å². The lowest BCUT2D eigenvalue weighted by Crippen LogP contribution is -2.12. The van der Waals surface area contributed by atoms with Gasteiger partial charge >= 0.3 is 0 Å². The van der Waals surface area contributed by atoms with E-state index in [1.807, 2.05) is 54.8 Å². The number of benzene rings is 1. The van der Waals surface area contributed by atoms with Crippen molar-refractivity contribution in [2.24, 2.45) is 0 Å². The average Bonchev–Trinajstić information content (AvgIpc) is 3.19. The van der Waals surface area contributed by atoms with E-state index in [0.29, 0.717) is 23.4 Å². The molecule has 0 aliphatic heterocycles. The van der Waals surface area contributed by atoms with E-state index in [1.54, 1.807) is 12.4 Å². The van der Waals surface area contributed by atoms with Gasteiger partial charge in [0.2, 0.25) is 0 Å². The Balaban J connectivity index is 1.95. The number of aliphatic hydroxyl groups is 1. The summed E-state index contributed by atoms with van der Waals surface area (Å²) in [6.07, 6.45) is 4.87. The molecular weight excluding hydrogens is 382 g/mol. The van der Waals surface area contributed by atoms with Gasteiger partial charge in [-0.2, -0.15) is 0 Å². The van der Waals surface area contributed by atoms with Crippen molar-refractivity contribution < 1.29 is 5.11 Å². The molecule has 4 aromatic rings. The quantitative estimate of drug-likeness (QED) is 0.498. The van der Waals surface area contributed by atoms with Crippen molar-refractivity contribution >= 4 is 11.3 Å². The van der Waals surface area contributed by atoms with Gasteiger partial charge in [0, 0.05) is 41.2 Å². The summed E-state index contributed by atoms with van der Waals surface area (Å²) in [4.78, 5) is 24.9. The molecule has 0 fully saturated rings. The number of nitrogens with zero attached hydrogens (tertiary/aromatic N) is 2. The minimum absolute atomic E-state index is 0.117. The van der Waals surface area contributed by atoms with Gasteiger partial charge in [-0.3, -0.25) is 9.78 Å². The fraction of sp³-hybridized carbons (Fsp3) is 0.174. The molecule has 3 heterocycles. The van der Waals surface area contributed by atoms with Crippen LogP contribution in [0, 0.1) is 6.92 Å². The van der Waals surface area contributed by atoms with Crippen LogP contribution in [0.25, 0.3) is 33.0 Å². The molecular formula is C23H21N3O2S. The summed E-state index contributed by atoms with van der Waals surface area (Å²) >= 11 is 1.47. The van der Waals surface area contributed by atoms with Crippen LogP contribution < -0.4 is 5.56 Å². The molecule has 6 heteroatoms. The molecule has 0 amide bonds. The highest BCUT2D eigenvalue weighted by atomic mass is 32.1. The summed E-state index contributed by atoms with van der Waals surface area (Å²) in [7, 11) is 0. The molecule has 0 spiro atoms. The smallest absolute Gasteiger partial charge is 0.258 e. The van der Waals surface area contributed by atoms with Gasteiger partial charge in [0.1, 0.15) is 5.01 Å². The average molecular weight is 404 g/mol. The number of aromatic amines is 1. The number of rotatable bonds is 6. The number of aryl methyl sites for hydroxylation is 2. The van der Waals surface area contributed by atoms with E-state index >= 15 is 0 Å². The fourth-order valence-corrected chi connectivity index (χ4v) is 4.17. The second-order valence-electron chi connectivity index (χ2n) is 6.82. The highest BCUT2D eigenvalue weighted by Gasteiger charge is 2.17. The lowest BCUT2D eigenvalue weighted by molar-refractivity contribution is 0.288. The lowest BCUT2D eigenvalue weighted by Gasteiger charge is -2.14. The van der Waals surface area contributed by atoms with Crippen molar-refractivity contribution in [1.82, 2.24) is 15.0 Å². The molecule has 1 aromatic carbocycles. The third kappa shape index (κ3) is 4.04. The first-order valence-corrected chi connectivity index (χ1v) is 10.3. The largest absolute Gasteiger partial charge is 0.396 e. The zero-order chi connectivity index (χ0) is 20.2. The van der Waals surface area contributed by atoms with E-state index < -0.39 is 0 Å². The fourth-order valence-electron chi connectivity index (χ4n) is 3.36. The van der Waals surface area contributed by atoms with Crippen LogP contribution in [0.5, 0.6) is 0 Å². The molecule has 0 saturated carbocycles. The molecule has 0 unspecified atom stereocenters. The molecule has 0 atom stereocenters. The predicted octanol–water partition coefficient (Wildman–Crippen LogP) is 4.46. The Morgan fingerprint density at radius 2 is 1.93 bits per heavy atom. The molecule has 0 bridgehead atoms. The first kappa shape index (κ1) is 19.2. The maximum Gasteiger partial charge on any atom is 0.258 e. The van der Waals surface area contributed by atoms with Gasteiger partial charge in [0.05, 0.1) is 11.3 Å². The second-order valence-corrected chi connectivity index (χ2v) is 7.68. The van der Waals surface area contributed by atoms with E-state index in [2.05, 4.69) is 15.0 Å². The zero-order valence-electron chi connectivity index (χ0n) is 16.1. The summed E-state index contributed by atoms with van der Waals surface area (Å²) in [5.41, 5.74) is 5.86. The Labute approximate surface area is 172 Å². The van der Waals surface area contributed by atoms with Crippen LogP contribution in [0.4, 0.5) is 0 Å². The molecule has 4 rings (SSSR count). The van der Waals surface area contributed by atoms with Gasteiger partial charge in [0.15, 0.2) is 0 Å². The first-order chi connectivity index (χ1) is 14.2. The summed E-state index contributed by atoms with van der Waals surface area (Å²) in [5, 5.41) is 11.9. The summed E-state index contributed by atoms with van der Waals surface area (Å²) in [6, 6.07) is 13.8. The summed E-state index contributed by atoms with van der Waals surface area (Å²) in [5.74, 6) is 0. The normalized spacial score (nSPS) is 11.0. The van der Waals surface area contributed by atoms with Gasteiger partial charge in [0.25, 0.3) is 5.56 Å².